The summed E-state index contributed by atoms with van der Waals surface area (Å²) < 4.78 is 5.20. The van der Waals surface area contributed by atoms with Crippen molar-refractivity contribution in [1.29, 1.82) is 5.26 Å². The Balaban J connectivity index is 1.50. The summed E-state index contributed by atoms with van der Waals surface area (Å²) in [6, 6.07) is 23.3. The van der Waals surface area contributed by atoms with Crippen LogP contribution in [0.5, 0.6) is 5.75 Å². The highest BCUT2D eigenvalue weighted by atomic mass is 32.2. The van der Waals surface area contributed by atoms with E-state index in [9.17, 15) is 20.2 Å². The van der Waals surface area contributed by atoms with E-state index in [1.54, 1.807) is 18.1 Å². The number of ether oxygens (including phenoxy) is 1. The number of hydrogen-bond acceptors (Lipinski definition) is 7. The van der Waals surface area contributed by atoms with E-state index in [-0.39, 0.29) is 11.6 Å². The van der Waals surface area contributed by atoms with Crippen LogP contribution in [-0.4, -0.2) is 53.9 Å². The van der Waals surface area contributed by atoms with Crippen molar-refractivity contribution >= 4 is 23.4 Å². The number of carbonyl (C=O) groups excluding carboxylic acids is 1. The van der Waals surface area contributed by atoms with Crippen LogP contribution in [-0.2, 0) is 0 Å². The van der Waals surface area contributed by atoms with Gasteiger partial charge in [-0.05, 0) is 35.9 Å². The Kier molecular flexibility index (Phi) is 7.65. The van der Waals surface area contributed by atoms with E-state index in [2.05, 4.69) is 6.07 Å². The summed E-state index contributed by atoms with van der Waals surface area (Å²) in [5.41, 5.74) is 1.07. The van der Waals surface area contributed by atoms with Crippen molar-refractivity contribution < 1.29 is 14.5 Å². The fourth-order valence-electron chi connectivity index (χ4n) is 4.01. The average molecular weight is 489 g/mol. The van der Waals surface area contributed by atoms with Crippen molar-refractivity contribution in [2.75, 3.05) is 33.3 Å². The van der Waals surface area contributed by atoms with Crippen LogP contribution < -0.4 is 4.74 Å². The number of methoxy groups -OCH3 is 1. The molecule has 178 valence electrons. The Morgan fingerprint density at radius 3 is 2.34 bits per heavy atom. The topological polar surface area (TPSA) is 99.7 Å². The maximum absolute atomic E-state index is 13.5. The van der Waals surface area contributed by atoms with Gasteiger partial charge in [0.1, 0.15) is 11.8 Å². The Morgan fingerprint density at radius 1 is 1.06 bits per heavy atom. The molecule has 35 heavy (non-hydrogen) atoms. The van der Waals surface area contributed by atoms with Crippen molar-refractivity contribution in [3.8, 4) is 11.8 Å². The van der Waals surface area contributed by atoms with Gasteiger partial charge in [0.25, 0.3) is 11.6 Å². The number of rotatable bonds is 7. The summed E-state index contributed by atoms with van der Waals surface area (Å²) in [4.78, 5) is 29.7. The van der Waals surface area contributed by atoms with Gasteiger partial charge in [-0.1, -0.05) is 42.1 Å². The number of nitriles is 1. The molecule has 8 nitrogen and oxygen atoms in total. The summed E-state index contributed by atoms with van der Waals surface area (Å²) in [6.07, 6.45) is 0. The molecule has 0 aliphatic carbocycles. The summed E-state index contributed by atoms with van der Waals surface area (Å²) >= 11 is 1.40. The Hall–Kier alpha value is -3.87. The fourth-order valence-corrected chi connectivity index (χ4v) is 4.95. The molecule has 3 aromatic rings. The molecule has 1 heterocycles. The van der Waals surface area contributed by atoms with Crippen LogP contribution in [0.25, 0.3) is 0 Å². The van der Waals surface area contributed by atoms with Gasteiger partial charge in [-0.15, -0.1) is 0 Å². The second-order valence-corrected chi connectivity index (χ2v) is 9.10. The smallest absolute Gasteiger partial charge is 0.270 e. The quantitative estimate of drug-likeness (QED) is 0.349. The van der Waals surface area contributed by atoms with Gasteiger partial charge in [0.15, 0.2) is 0 Å². The zero-order valence-electron chi connectivity index (χ0n) is 19.2. The van der Waals surface area contributed by atoms with Crippen molar-refractivity contribution in [3.05, 3.63) is 94.0 Å². The molecule has 1 aliphatic heterocycles. The van der Waals surface area contributed by atoms with Crippen molar-refractivity contribution in [2.24, 2.45) is 0 Å². The molecule has 3 aromatic carbocycles. The number of nitrogens with zero attached hydrogens (tertiary/aromatic N) is 4. The lowest BCUT2D eigenvalue weighted by atomic mass is 10.0. The molecule has 0 spiro atoms. The number of non-ortho nitro benzene ring substituents is 1. The Morgan fingerprint density at radius 2 is 1.74 bits per heavy atom. The van der Waals surface area contributed by atoms with E-state index in [0.717, 1.165) is 16.2 Å². The number of nitro benzene ring substituents is 1. The third-order valence-corrected chi connectivity index (χ3v) is 6.98. The largest absolute Gasteiger partial charge is 0.497 e. The first-order chi connectivity index (χ1) is 17.0. The van der Waals surface area contributed by atoms with Crippen LogP contribution in [0.1, 0.15) is 22.0 Å². The maximum Gasteiger partial charge on any atom is 0.270 e. The Labute approximate surface area is 207 Å². The molecule has 9 heteroatoms. The van der Waals surface area contributed by atoms with Crippen molar-refractivity contribution in [2.45, 2.75) is 15.8 Å². The van der Waals surface area contributed by atoms with Gasteiger partial charge in [-0.25, -0.2) is 0 Å². The number of amides is 1. The maximum atomic E-state index is 13.5. The lowest BCUT2D eigenvalue weighted by molar-refractivity contribution is -0.384. The van der Waals surface area contributed by atoms with Crippen LogP contribution in [0, 0.1) is 21.4 Å². The normalized spacial score (nSPS) is 14.7. The molecular formula is C26H24N4O4S. The molecule has 0 N–H and O–H groups in total. The number of carbonyl (C=O) groups is 1. The molecular weight excluding hydrogens is 464 g/mol. The molecule has 1 saturated heterocycles. The van der Waals surface area contributed by atoms with E-state index in [1.165, 1.54) is 23.9 Å². The van der Waals surface area contributed by atoms with Gasteiger partial charge in [0.2, 0.25) is 0 Å². The monoisotopic (exact) mass is 488 g/mol. The Bertz CT molecular complexity index is 1240. The molecule has 0 radical (unpaired) electrons. The van der Waals surface area contributed by atoms with E-state index in [1.807, 2.05) is 59.5 Å². The highest BCUT2D eigenvalue weighted by Crippen LogP contribution is 2.33. The molecule has 1 atom stereocenters. The minimum Gasteiger partial charge on any atom is -0.497 e. The van der Waals surface area contributed by atoms with Gasteiger partial charge in [0.05, 0.1) is 23.7 Å². The van der Waals surface area contributed by atoms with Gasteiger partial charge >= 0.3 is 0 Å². The highest BCUT2D eigenvalue weighted by molar-refractivity contribution is 7.99. The SMILES string of the molecule is COc1ccc([C@H](C#N)N2CCN(C(=O)c3cc([N+](=O)[O-])ccc3Sc3ccccc3)CC2)cc1. The third kappa shape index (κ3) is 5.62. The molecule has 1 amide bonds. The first-order valence-corrected chi connectivity index (χ1v) is 11.9. The number of piperazine rings is 1. The molecule has 0 aromatic heterocycles. The van der Waals surface area contributed by atoms with Crippen molar-refractivity contribution in [3.63, 3.8) is 0 Å². The van der Waals surface area contributed by atoms with E-state index in [4.69, 9.17) is 4.74 Å². The van der Waals surface area contributed by atoms with Crippen LogP contribution >= 0.6 is 11.8 Å². The minimum absolute atomic E-state index is 0.117. The van der Waals surface area contributed by atoms with Crippen LogP contribution in [0.3, 0.4) is 0 Å². The van der Waals surface area contributed by atoms with Crippen LogP contribution in [0.4, 0.5) is 5.69 Å². The summed E-state index contributed by atoms with van der Waals surface area (Å²) in [7, 11) is 1.60. The average Bonchev–Trinajstić information content (AvgIpc) is 2.90. The molecule has 1 fully saturated rings. The number of hydrogen-bond donors (Lipinski definition) is 0. The summed E-state index contributed by atoms with van der Waals surface area (Å²) in [6.45, 7) is 1.88. The second-order valence-electron chi connectivity index (χ2n) is 7.99. The fraction of sp³-hybridized carbons (Fsp3) is 0.231. The van der Waals surface area contributed by atoms with Gasteiger partial charge in [-0.3, -0.25) is 19.8 Å². The second kappa shape index (κ2) is 11.0. The molecule has 0 bridgehead atoms. The molecule has 0 saturated carbocycles. The standard InChI is InChI=1S/C26H24N4O4S/c1-34-21-10-7-19(8-11-21)24(18-27)28-13-15-29(16-14-28)26(31)23-17-20(30(32)33)9-12-25(23)35-22-5-3-2-4-6-22/h2-12,17,24H,13-16H2,1H3/t24-/m0/s1. The number of benzene rings is 3. The predicted octanol–water partition coefficient (Wildman–Crippen LogP) is 4.78. The summed E-state index contributed by atoms with van der Waals surface area (Å²) in [5, 5.41) is 21.2. The van der Waals surface area contributed by atoms with E-state index >= 15 is 0 Å². The number of nitro groups is 1. The first kappa shape index (κ1) is 24.3. The molecule has 1 aliphatic rings. The predicted molar refractivity (Wildman–Crippen MR) is 132 cm³/mol. The van der Waals surface area contributed by atoms with Gasteiger partial charge in [0, 0.05) is 48.1 Å². The summed E-state index contributed by atoms with van der Waals surface area (Å²) in [5.74, 6) is 0.478. The van der Waals surface area contributed by atoms with E-state index < -0.39 is 11.0 Å². The zero-order chi connectivity index (χ0) is 24.8. The molecule has 0 unspecified atom stereocenters. The van der Waals surface area contributed by atoms with Gasteiger partial charge < -0.3 is 9.64 Å². The molecule has 4 rings (SSSR count). The van der Waals surface area contributed by atoms with Crippen LogP contribution in [0.15, 0.2) is 82.6 Å². The zero-order valence-corrected chi connectivity index (χ0v) is 20.0. The third-order valence-electron chi connectivity index (χ3n) is 5.90. The lowest BCUT2D eigenvalue weighted by Crippen LogP contribution is -2.49. The van der Waals surface area contributed by atoms with E-state index in [0.29, 0.717) is 36.6 Å². The minimum atomic E-state index is -0.488. The first-order valence-electron chi connectivity index (χ1n) is 11.1. The lowest BCUT2D eigenvalue weighted by Gasteiger charge is -2.37. The van der Waals surface area contributed by atoms with Gasteiger partial charge in [-0.2, -0.15) is 5.26 Å². The van der Waals surface area contributed by atoms with Crippen molar-refractivity contribution in [1.82, 2.24) is 9.80 Å². The highest BCUT2D eigenvalue weighted by Gasteiger charge is 2.29. The van der Waals surface area contributed by atoms with Crippen LogP contribution in [0.2, 0.25) is 0 Å².